The Hall–Kier alpha value is -3.48. The van der Waals surface area contributed by atoms with E-state index in [9.17, 15) is 8.42 Å². The van der Waals surface area contributed by atoms with Crippen LogP contribution >= 0.6 is 11.6 Å². The van der Waals surface area contributed by atoms with Gasteiger partial charge in [-0.15, -0.1) is 0 Å². The first kappa shape index (κ1) is 20.4. The molecule has 0 N–H and O–H groups in total. The summed E-state index contributed by atoms with van der Waals surface area (Å²) >= 11 is 6.59. The standard InChI is InChI=1S/C25H17ClN2O3S/c26-24-22-21(17-10-4-1-5-11-17)23(18-12-6-2-7-13-18)31-25(22)28-20(27-24)16-32(29,30)19-14-8-3-9-15-19/h1-15H,16H2. The molecular formula is C25H17ClN2O3S. The van der Waals surface area contributed by atoms with Crippen LogP contribution in [0.2, 0.25) is 5.15 Å². The van der Waals surface area contributed by atoms with E-state index in [-0.39, 0.29) is 27.3 Å². The SMILES string of the molecule is O=S(=O)(Cc1nc(Cl)c2c(-c3ccccc3)c(-c3ccccc3)oc2n1)c1ccccc1. The van der Waals surface area contributed by atoms with Gasteiger partial charge < -0.3 is 4.42 Å². The van der Waals surface area contributed by atoms with Crippen molar-refractivity contribution in [2.45, 2.75) is 10.6 Å². The van der Waals surface area contributed by atoms with Gasteiger partial charge in [0.25, 0.3) is 0 Å². The second-order valence-corrected chi connectivity index (χ2v) is 9.57. The van der Waals surface area contributed by atoms with Gasteiger partial charge in [0, 0.05) is 11.1 Å². The Labute approximate surface area is 190 Å². The van der Waals surface area contributed by atoms with Gasteiger partial charge in [-0.25, -0.2) is 13.4 Å². The molecule has 5 rings (SSSR count). The average Bonchev–Trinajstić information content (AvgIpc) is 3.20. The minimum atomic E-state index is -3.63. The molecule has 0 aliphatic rings. The summed E-state index contributed by atoms with van der Waals surface area (Å²) in [5.41, 5.74) is 2.79. The van der Waals surface area contributed by atoms with Gasteiger partial charge in [-0.1, -0.05) is 90.5 Å². The lowest BCUT2D eigenvalue weighted by molar-refractivity contribution is 0.592. The molecular weight excluding hydrogens is 444 g/mol. The Bertz CT molecular complexity index is 1500. The third kappa shape index (κ3) is 3.79. The van der Waals surface area contributed by atoms with E-state index in [2.05, 4.69) is 9.97 Å². The van der Waals surface area contributed by atoms with Gasteiger partial charge in [0.15, 0.2) is 9.84 Å². The predicted molar refractivity (Wildman–Crippen MR) is 125 cm³/mol. The Morgan fingerprint density at radius 1 is 0.750 bits per heavy atom. The molecule has 0 radical (unpaired) electrons. The van der Waals surface area contributed by atoms with Crippen LogP contribution in [0, 0.1) is 0 Å². The molecule has 0 fully saturated rings. The predicted octanol–water partition coefficient (Wildman–Crippen LogP) is 6.18. The summed E-state index contributed by atoms with van der Waals surface area (Å²) in [5.74, 6) is 0.305. The molecule has 7 heteroatoms. The van der Waals surface area contributed by atoms with Crippen LogP contribution in [0.3, 0.4) is 0 Å². The molecule has 2 heterocycles. The molecule has 3 aromatic carbocycles. The zero-order chi connectivity index (χ0) is 22.1. The summed E-state index contributed by atoms with van der Waals surface area (Å²) < 4.78 is 31.8. The lowest BCUT2D eigenvalue weighted by Gasteiger charge is -2.05. The van der Waals surface area contributed by atoms with E-state index in [1.165, 1.54) is 0 Å². The molecule has 32 heavy (non-hydrogen) atoms. The normalized spacial score (nSPS) is 11.7. The minimum Gasteiger partial charge on any atom is -0.437 e. The number of aromatic nitrogens is 2. The minimum absolute atomic E-state index is 0.0827. The van der Waals surface area contributed by atoms with Crippen LogP contribution in [-0.4, -0.2) is 18.4 Å². The molecule has 0 bridgehead atoms. The topological polar surface area (TPSA) is 73.1 Å². The van der Waals surface area contributed by atoms with E-state index in [4.69, 9.17) is 16.0 Å². The van der Waals surface area contributed by atoms with Crippen molar-refractivity contribution in [1.29, 1.82) is 0 Å². The fourth-order valence-corrected chi connectivity index (χ4v) is 5.10. The molecule has 2 aromatic heterocycles. The van der Waals surface area contributed by atoms with Gasteiger partial charge in [-0.05, 0) is 17.7 Å². The average molecular weight is 461 g/mol. The number of hydrogen-bond donors (Lipinski definition) is 0. The maximum Gasteiger partial charge on any atom is 0.232 e. The molecule has 158 valence electrons. The van der Waals surface area contributed by atoms with Crippen LogP contribution < -0.4 is 0 Å². The van der Waals surface area contributed by atoms with Crippen molar-refractivity contribution in [2.75, 3.05) is 0 Å². The number of furan rings is 1. The molecule has 0 aliphatic carbocycles. The fraction of sp³-hybridized carbons (Fsp3) is 0.0400. The van der Waals surface area contributed by atoms with Crippen molar-refractivity contribution in [1.82, 2.24) is 9.97 Å². The third-order valence-corrected chi connectivity index (χ3v) is 6.98. The number of benzene rings is 3. The van der Waals surface area contributed by atoms with Crippen LogP contribution in [-0.2, 0) is 15.6 Å². The first-order chi connectivity index (χ1) is 15.5. The second kappa shape index (κ2) is 8.22. The molecule has 0 saturated heterocycles. The first-order valence-corrected chi connectivity index (χ1v) is 11.9. The van der Waals surface area contributed by atoms with Gasteiger partial charge in [0.1, 0.15) is 22.5 Å². The number of sulfone groups is 1. The number of nitrogens with zero attached hydrogens (tertiary/aromatic N) is 2. The molecule has 0 aliphatic heterocycles. The maximum atomic E-state index is 12.8. The lowest BCUT2D eigenvalue weighted by atomic mass is 10.00. The summed E-state index contributed by atoms with van der Waals surface area (Å²) in [6.45, 7) is 0. The molecule has 0 saturated carbocycles. The molecule has 0 atom stereocenters. The van der Waals surface area contributed by atoms with E-state index in [0.717, 1.165) is 16.7 Å². The summed E-state index contributed by atoms with van der Waals surface area (Å²) in [6, 6.07) is 27.5. The summed E-state index contributed by atoms with van der Waals surface area (Å²) in [4.78, 5) is 8.96. The molecule has 5 nitrogen and oxygen atoms in total. The van der Waals surface area contributed by atoms with Crippen LogP contribution in [0.1, 0.15) is 5.82 Å². The van der Waals surface area contributed by atoms with Crippen LogP contribution in [0.15, 0.2) is 100 Å². The summed E-state index contributed by atoms with van der Waals surface area (Å²) in [6.07, 6.45) is 0. The van der Waals surface area contributed by atoms with E-state index in [1.54, 1.807) is 30.3 Å². The largest absolute Gasteiger partial charge is 0.437 e. The Morgan fingerprint density at radius 3 is 1.94 bits per heavy atom. The number of hydrogen-bond acceptors (Lipinski definition) is 5. The fourth-order valence-electron chi connectivity index (χ4n) is 3.62. The monoisotopic (exact) mass is 460 g/mol. The Kier molecular flexibility index (Phi) is 5.25. The van der Waals surface area contributed by atoms with Gasteiger partial charge in [0.05, 0.1) is 10.3 Å². The zero-order valence-corrected chi connectivity index (χ0v) is 18.3. The van der Waals surface area contributed by atoms with Crippen LogP contribution in [0.4, 0.5) is 0 Å². The van der Waals surface area contributed by atoms with E-state index in [1.807, 2.05) is 60.7 Å². The molecule has 0 unspecified atom stereocenters. The highest BCUT2D eigenvalue weighted by atomic mass is 35.5. The van der Waals surface area contributed by atoms with Crippen molar-refractivity contribution in [2.24, 2.45) is 0 Å². The quantitative estimate of drug-likeness (QED) is 0.292. The Morgan fingerprint density at radius 2 is 1.31 bits per heavy atom. The van der Waals surface area contributed by atoms with E-state index >= 15 is 0 Å². The Balaban J connectivity index is 1.68. The first-order valence-electron chi connectivity index (χ1n) is 9.90. The lowest BCUT2D eigenvalue weighted by Crippen LogP contribution is -2.08. The highest BCUT2D eigenvalue weighted by molar-refractivity contribution is 7.90. The summed E-state index contributed by atoms with van der Waals surface area (Å²) in [5, 5.41) is 0.704. The van der Waals surface area contributed by atoms with Gasteiger partial charge in [0.2, 0.25) is 5.71 Å². The van der Waals surface area contributed by atoms with Crippen molar-refractivity contribution in [3.8, 4) is 22.5 Å². The van der Waals surface area contributed by atoms with E-state index < -0.39 is 9.84 Å². The van der Waals surface area contributed by atoms with Crippen molar-refractivity contribution in [3.05, 3.63) is 102 Å². The zero-order valence-electron chi connectivity index (χ0n) is 16.8. The maximum absolute atomic E-state index is 12.8. The molecule has 5 aromatic rings. The highest BCUT2D eigenvalue weighted by Crippen LogP contribution is 2.42. The van der Waals surface area contributed by atoms with Gasteiger partial charge in [-0.3, -0.25) is 0 Å². The van der Waals surface area contributed by atoms with Crippen LogP contribution in [0.5, 0.6) is 0 Å². The molecule has 0 spiro atoms. The number of fused-ring (bicyclic) bond motifs is 1. The second-order valence-electron chi connectivity index (χ2n) is 7.22. The number of rotatable bonds is 5. The van der Waals surface area contributed by atoms with Gasteiger partial charge >= 0.3 is 0 Å². The van der Waals surface area contributed by atoms with Crippen molar-refractivity contribution < 1.29 is 12.8 Å². The van der Waals surface area contributed by atoms with Gasteiger partial charge in [-0.2, -0.15) is 4.98 Å². The smallest absolute Gasteiger partial charge is 0.232 e. The van der Waals surface area contributed by atoms with Crippen molar-refractivity contribution in [3.63, 3.8) is 0 Å². The van der Waals surface area contributed by atoms with E-state index in [0.29, 0.717) is 11.1 Å². The van der Waals surface area contributed by atoms with Crippen LogP contribution in [0.25, 0.3) is 33.6 Å². The molecule has 0 amide bonds. The summed E-state index contributed by atoms with van der Waals surface area (Å²) in [7, 11) is -3.63. The number of halogens is 1. The van der Waals surface area contributed by atoms with Crippen molar-refractivity contribution >= 4 is 32.5 Å². The third-order valence-electron chi connectivity index (χ3n) is 5.07. The highest BCUT2D eigenvalue weighted by Gasteiger charge is 2.24.